The fourth-order valence-electron chi connectivity index (χ4n) is 6.13. The van der Waals surface area contributed by atoms with Gasteiger partial charge in [0.15, 0.2) is 0 Å². The van der Waals surface area contributed by atoms with Gasteiger partial charge in [-0.2, -0.15) is 0 Å². The van der Waals surface area contributed by atoms with Crippen molar-refractivity contribution in [2.75, 3.05) is 57.9 Å². The molecule has 0 unspecified atom stereocenters. The van der Waals surface area contributed by atoms with Gasteiger partial charge in [0.25, 0.3) is 0 Å². The highest BCUT2D eigenvalue weighted by Crippen LogP contribution is 2.45. The van der Waals surface area contributed by atoms with Gasteiger partial charge >= 0.3 is 0 Å². The Morgan fingerprint density at radius 1 is 0.915 bits per heavy atom. The van der Waals surface area contributed by atoms with Crippen molar-refractivity contribution in [3.63, 3.8) is 0 Å². The van der Waals surface area contributed by atoms with Crippen molar-refractivity contribution in [2.45, 2.75) is 45.2 Å². The molecule has 1 saturated heterocycles. The quantitative estimate of drug-likeness (QED) is 0.243. The smallest absolute Gasteiger partial charge is 0.242 e. The number of amidine groups is 1. The lowest BCUT2D eigenvalue weighted by Gasteiger charge is -2.37. The highest BCUT2D eigenvalue weighted by molar-refractivity contribution is 7.90. The number of rotatable bonds is 10. The van der Waals surface area contributed by atoms with Crippen LogP contribution in [-0.4, -0.2) is 92.7 Å². The van der Waals surface area contributed by atoms with E-state index in [9.17, 15) is 13.2 Å². The number of aliphatic imine (C=N–C) groups is 1. The van der Waals surface area contributed by atoms with Crippen molar-refractivity contribution in [3.05, 3.63) is 99.0 Å². The molecule has 0 aliphatic carbocycles. The minimum absolute atomic E-state index is 0.0135. The summed E-state index contributed by atoms with van der Waals surface area (Å²) in [6, 6.07) is 21.1. The maximum Gasteiger partial charge on any atom is 0.242 e. The second-order valence-electron chi connectivity index (χ2n) is 13.3. The molecule has 0 aromatic heterocycles. The molecular formula is C36H44Cl2N4O4S. The van der Waals surface area contributed by atoms with Crippen LogP contribution in [0.1, 0.15) is 62.0 Å². The maximum atomic E-state index is 14.1. The van der Waals surface area contributed by atoms with Crippen molar-refractivity contribution in [2.24, 2.45) is 4.99 Å². The van der Waals surface area contributed by atoms with Gasteiger partial charge in [0.1, 0.15) is 27.5 Å². The van der Waals surface area contributed by atoms with Crippen molar-refractivity contribution < 1.29 is 17.9 Å². The van der Waals surface area contributed by atoms with E-state index < -0.39 is 9.84 Å². The summed E-state index contributed by atoms with van der Waals surface area (Å²) in [6.45, 7) is 11.8. The van der Waals surface area contributed by atoms with Crippen molar-refractivity contribution in [3.8, 4) is 5.75 Å². The van der Waals surface area contributed by atoms with Gasteiger partial charge in [0.2, 0.25) is 5.91 Å². The normalized spacial score (nSPS) is 19.2. The highest BCUT2D eigenvalue weighted by Gasteiger charge is 2.41. The minimum atomic E-state index is -3.05. The lowest BCUT2D eigenvalue weighted by atomic mass is 9.86. The molecule has 0 spiro atoms. The van der Waals surface area contributed by atoms with E-state index in [-0.39, 0.29) is 35.7 Å². The Kier molecular flexibility index (Phi) is 10.9. The summed E-state index contributed by atoms with van der Waals surface area (Å²) in [5.74, 6) is 1.51. The largest absolute Gasteiger partial charge is 0.493 e. The van der Waals surface area contributed by atoms with Crippen LogP contribution in [0, 0.1) is 0 Å². The molecule has 2 atom stereocenters. The molecule has 0 bridgehead atoms. The number of halogens is 2. The Hall–Kier alpha value is -3.11. The molecule has 3 aromatic rings. The lowest BCUT2D eigenvalue weighted by molar-refractivity contribution is -0.133. The van der Waals surface area contributed by atoms with Crippen LogP contribution in [0.3, 0.4) is 0 Å². The lowest BCUT2D eigenvalue weighted by Crippen LogP contribution is -2.52. The van der Waals surface area contributed by atoms with Crippen LogP contribution in [0.4, 0.5) is 0 Å². The standard InChI is InChI=1S/C36H44Cl2N4O4S/c1-6-46-31-23-27(36(2,3)4)11-16-30(31)35-39-33(25-7-12-28(37)13-8-25)34(26-9-14-29(38)15-10-26)42(35)24-32(43)41-19-17-40(18-20-41)21-22-47(5,44)45/h7-16,23,33-34H,6,17-22,24H2,1-5H3/t33-,34+/m0/s1. The number of hydrogen-bond acceptors (Lipinski definition) is 7. The van der Waals surface area contributed by atoms with Crippen LogP contribution in [0.2, 0.25) is 10.0 Å². The molecule has 0 saturated carbocycles. The van der Waals surface area contributed by atoms with Crippen molar-refractivity contribution >= 4 is 44.8 Å². The van der Waals surface area contributed by atoms with Gasteiger partial charge in [-0.05, 0) is 65.4 Å². The number of carbonyl (C=O) groups is 1. The molecule has 2 aliphatic heterocycles. The fourth-order valence-corrected chi connectivity index (χ4v) is 6.97. The van der Waals surface area contributed by atoms with Gasteiger partial charge in [0, 0.05) is 49.0 Å². The van der Waals surface area contributed by atoms with E-state index in [2.05, 4.69) is 48.8 Å². The zero-order valence-electron chi connectivity index (χ0n) is 27.7. The van der Waals surface area contributed by atoms with Crippen molar-refractivity contribution in [1.29, 1.82) is 0 Å². The fraction of sp³-hybridized carbons (Fsp3) is 0.444. The first-order valence-corrected chi connectivity index (χ1v) is 18.9. The van der Waals surface area contributed by atoms with Gasteiger partial charge in [-0.3, -0.25) is 14.7 Å². The SMILES string of the molecule is CCOc1cc(C(C)(C)C)ccc1C1=N[C@@H](c2ccc(Cl)cc2)[C@@H](c2ccc(Cl)cc2)N1CC(=O)N1CCN(CCS(C)(=O)=O)CC1. The van der Waals surface area contributed by atoms with E-state index >= 15 is 0 Å². The van der Waals surface area contributed by atoms with Gasteiger partial charge < -0.3 is 14.5 Å². The zero-order valence-corrected chi connectivity index (χ0v) is 30.1. The van der Waals surface area contributed by atoms with Gasteiger partial charge in [-0.15, -0.1) is 0 Å². The second kappa shape index (κ2) is 14.6. The first kappa shape index (κ1) is 35.2. The highest BCUT2D eigenvalue weighted by atomic mass is 35.5. The molecule has 2 aliphatic rings. The number of sulfone groups is 1. The van der Waals surface area contributed by atoms with E-state index in [0.717, 1.165) is 28.0 Å². The third-order valence-corrected chi connectivity index (χ3v) is 10.2. The van der Waals surface area contributed by atoms with Gasteiger partial charge in [0.05, 0.1) is 30.5 Å². The third-order valence-electron chi connectivity index (χ3n) is 8.79. The predicted octanol–water partition coefficient (Wildman–Crippen LogP) is 6.42. The second-order valence-corrected chi connectivity index (χ2v) is 16.5. The summed E-state index contributed by atoms with van der Waals surface area (Å²) in [6.07, 6.45) is 1.25. The first-order chi connectivity index (χ1) is 22.2. The summed E-state index contributed by atoms with van der Waals surface area (Å²) < 4.78 is 29.6. The van der Waals surface area contributed by atoms with Crippen LogP contribution in [0.5, 0.6) is 5.75 Å². The molecule has 1 amide bonds. The number of benzene rings is 3. The number of carbonyl (C=O) groups excluding carboxylic acids is 1. The summed E-state index contributed by atoms with van der Waals surface area (Å²) in [5, 5.41) is 1.27. The Labute approximate surface area is 289 Å². The summed E-state index contributed by atoms with van der Waals surface area (Å²) in [7, 11) is -3.05. The van der Waals surface area contributed by atoms with E-state index in [1.807, 2.05) is 60.4 Å². The van der Waals surface area contributed by atoms with Gasteiger partial charge in [-0.25, -0.2) is 8.42 Å². The molecule has 3 aromatic carbocycles. The summed E-state index contributed by atoms with van der Waals surface area (Å²) >= 11 is 12.6. The molecule has 47 heavy (non-hydrogen) atoms. The van der Waals surface area contributed by atoms with Crippen LogP contribution < -0.4 is 4.74 Å². The third kappa shape index (κ3) is 8.68. The molecule has 0 N–H and O–H groups in total. The Bertz CT molecular complexity index is 1700. The molecular weight excluding hydrogens is 655 g/mol. The molecule has 0 radical (unpaired) electrons. The van der Waals surface area contributed by atoms with E-state index in [0.29, 0.717) is 55.2 Å². The van der Waals surface area contributed by atoms with Crippen LogP contribution in [-0.2, 0) is 20.0 Å². The Morgan fingerprint density at radius 2 is 1.51 bits per heavy atom. The minimum Gasteiger partial charge on any atom is -0.493 e. The average molecular weight is 700 g/mol. The Morgan fingerprint density at radius 3 is 2.06 bits per heavy atom. The van der Waals surface area contributed by atoms with E-state index in [1.165, 1.54) is 6.26 Å². The maximum absolute atomic E-state index is 14.1. The van der Waals surface area contributed by atoms with Crippen molar-refractivity contribution in [1.82, 2.24) is 14.7 Å². The van der Waals surface area contributed by atoms with Gasteiger partial charge in [-0.1, -0.05) is 74.3 Å². The number of amides is 1. The zero-order chi connectivity index (χ0) is 33.9. The molecule has 8 nitrogen and oxygen atoms in total. The molecule has 252 valence electrons. The summed E-state index contributed by atoms with van der Waals surface area (Å²) in [4.78, 5) is 25.6. The summed E-state index contributed by atoms with van der Waals surface area (Å²) in [5.41, 5.74) is 3.84. The average Bonchev–Trinajstić information content (AvgIpc) is 3.39. The topological polar surface area (TPSA) is 82.5 Å². The van der Waals surface area contributed by atoms with Crippen LogP contribution >= 0.6 is 23.2 Å². The number of piperazine rings is 1. The monoisotopic (exact) mass is 698 g/mol. The number of nitrogens with zero attached hydrogens (tertiary/aromatic N) is 4. The van der Waals surface area contributed by atoms with Crippen LogP contribution in [0.15, 0.2) is 71.7 Å². The first-order valence-electron chi connectivity index (χ1n) is 16.0. The van der Waals surface area contributed by atoms with E-state index in [1.54, 1.807) is 0 Å². The molecule has 1 fully saturated rings. The molecule has 11 heteroatoms. The van der Waals surface area contributed by atoms with Crippen LogP contribution in [0.25, 0.3) is 0 Å². The molecule has 5 rings (SSSR count). The molecule has 2 heterocycles. The van der Waals surface area contributed by atoms with E-state index in [4.69, 9.17) is 32.9 Å². The number of ether oxygens (including phenoxy) is 1. The Balaban J connectivity index is 1.54. The predicted molar refractivity (Wildman–Crippen MR) is 191 cm³/mol. The number of hydrogen-bond donors (Lipinski definition) is 0.